The van der Waals surface area contributed by atoms with E-state index in [-0.39, 0.29) is 24.0 Å². The summed E-state index contributed by atoms with van der Waals surface area (Å²) < 4.78 is 11.5. The first-order valence-corrected chi connectivity index (χ1v) is 14.6. The first kappa shape index (κ1) is 36.5. The Kier molecular flexibility index (Phi) is 13.7. The van der Waals surface area contributed by atoms with Crippen molar-refractivity contribution < 1.29 is 48.8 Å². The molecule has 0 aliphatic heterocycles. The van der Waals surface area contributed by atoms with E-state index in [1.54, 1.807) is 12.1 Å². The number of carboxylic acids is 2. The number of hydrogen-bond donors (Lipinski definition) is 2. The molecule has 45 heavy (non-hydrogen) atoms. The quantitative estimate of drug-likeness (QED) is 0.0380. The number of nitrogens with zero attached hydrogens (tertiary/aromatic N) is 1. The number of esters is 2. The Balaban J connectivity index is 2.64. The van der Waals surface area contributed by atoms with Crippen molar-refractivity contribution in [2.75, 3.05) is 6.61 Å². The highest BCUT2D eigenvalue weighted by Crippen LogP contribution is 2.49. The Hall–Kier alpha value is -4.74. The maximum atomic E-state index is 12.8. The third kappa shape index (κ3) is 12.0. The van der Waals surface area contributed by atoms with E-state index < -0.39 is 40.3 Å². The third-order valence-electron chi connectivity index (χ3n) is 7.64. The molecule has 0 heterocycles. The molecule has 2 rings (SSSR count). The molecule has 12 nitrogen and oxygen atoms in total. The van der Waals surface area contributed by atoms with Crippen LogP contribution in [0.2, 0.25) is 0 Å². The van der Waals surface area contributed by atoms with Crippen molar-refractivity contribution in [2.45, 2.75) is 84.0 Å². The Labute approximate surface area is 262 Å². The summed E-state index contributed by atoms with van der Waals surface area (Å²) in [5, 5.41) is 27.6. The molecule has 1 aromatic rings. The number of unbranched alkanes of at least 4 members (excludes halogenated alkanes) is 3. The molecule has 244 valence electrons. The standard InChI is InChI=1S/C33H41NO11/c1-21(2)24-11-10-22(3)18-25(24)32-26(44-30(39)14-12-28(35)36)19-23(20-27(32)45-31(40)15-13-29(37)38)33(4,5)16-8-6-7-9-17-43-34(41)42/h12-15,18-20,24-25H,1,6-11,16-17H2,2-5H3,(H,35,36)(H,37,38)/b14-12+,15-13+/t24-,25+/m0/s1. The summed E-state index contributed by atoms with van der Waals surface area (Å²) in [5.41, 5.74) is 2.42. The molecule has 0 fully saturated rings. The smallest absolute Gasteiger partial charge is 0.336 e. The number of benzene rings is 1. The van der Waals surface area contributed by atoms with Gasteiger partial charge in [0.15, 0.2) is 0 Å². The molecule has 0 unspecified atom stereocenters. The molecule has 0 saturated carbocycles. The van der Waals surface area contributed by atoms with E-state index in [2.05, 4.69) is 11.4 Å². The third-order valence-corrected chi connectivity index (χ3v) is 7.64. The second kappa shape index (κ2) is 16.9. The van der Waals surface area contributed by atoms with E-state index >= 15 is 0 Å². The lowest BCUT2D eigenvalue weighted by Gasteiger charge is -2.34. The van der Waals surface area contributed by atoms with Crippen molar-refractivity contribution in [3.8, 4) is 11.5 Å². The Morgan fingerprint density at radius 1 is 0.978 bits per heavy atom. The van der Waals surface area contributed by atoms with Gasteiger partial charge in [-0.05, 0) is 68.6 Å². The summed E-state index contributed by atoms with van der Waals surface area (Å²) in [6.07, 6.45) is 9.86. The normalized spacial score (nSPS) is 16.7. The average Bonchev–Trinajstić information content (AvgIpc) is 2.94. The topological polar surface area (TPSA) is 180 Å². The van der Waals surface area contributed by atoms with Gasteiger partial charge >= 0.3 is 23.9 Å². The monoisotopic (exact) mass is 627 g/mol. The maximum Gasteiger partial charge on any atom is 0.336 e. The number of carbonyl (C=O) groups excluding carboxylic acids is 2. The number of carbonyl (C=O) groups is 4. The molecule has 0 bridgehead atoms. The molecule has 2 N–H and O–H groups in total. The summed E-state index contributed by atoms with van der Waals surface area (Å²) in [7, 11) is 0. The van der Waals surface area contributed by atoms with Crippen LogP contribution in [0.3, 0.4) is 0 Å². The number of carboxylic acid groups (broad SMARTS) is 2. The minimum absolute atomic E-state index is 0.0220. The van der Waals surface area contributed by atoms with Crippen LogP contribution in [0, 0.1) is 16.0 Å². The first-order chi connectivity index (χ1) is 21.1. The zero-order chi connectivity index (χ0) is 33.7. The predicted octanol–water partition coefficient (Wildman–Crippen LogP) is 6.23. The molecule has 0 radical (unpaired) electrons. The van der Waals surface area contributed by atoms with Gasteiger partial charge in [-0.1, -0.05) is 56.9 Å². The molecular weight excluding hydrogens is 586 g/mol. The lowest BCUT2D eigenvalue weighted by molar-refractivity contribution is -0.757. The number of rotatable bonds is 17. The van der Waals surface area contributed by atoms with E-state index in [0.717, 1.165) is 55.4 Å². The minimum Gasteiger partial charge on any atom is -0.478 e. The fourth-order valence-corrected chi connectivity index (χ4v) is 5.26. The number of allylic oxidation sites excluding steroid dienone is 3. The van der Waals surface area contributed by atoms with Crippen molar-refractivity contribution in [3.05, 3.63) is 81.5 Å². The van der Waals surface area contributed by atoms with Gasteiger partial charge in [0.25, 0.3) is 5.09 Å². The van der Waals surface area contributed by atoms with Crippen molar-refractivity contribution in [1.29, 1.82) is 0 Å². The van der Waals surface area contributed by atoms with Crippen molar-refractivity contribution in [2.24, 2.45) is 5.92 Å². The van der Waals surface area contributed by atoms with E-state index in [0.29, 0.717) is 36.1 Å². The van der Waals surface area contributed by atoms with E-state index in [9.17, 15) is 29.3 Å². The number of aliphatic carboxylic acids is 2. The summed E-state index contributed by atoms with van der Waals surface area (Å²) in [6.45, 7) is 11.9. The maximum absolute atomic E-state index is 12.8. The molecule has 0 saturated heterocycles. The highest BCUT2D eigenvalue weighted by molar-refractivity contribution is 5.93. The van der Waals surface area contributed by atoms with E-state index in [1.165, 1.54) is 0 Å². The lowest BCUT2D eigenvalue weighted by atomic mass is 9.72. The highest BCUT2D eigenvalue weighted by atomic mass is 16.9. The summed E-state index contributed by atoms with van der Waals surface area (Å²) in [4.78, 5) is 62.4. The van der Waals surface area contributed by atoms with Crippen LogP contribution in [0.4, 0.5) is 0 Å². The highest BCUT2D eigenvalue weighted by Gasteiger charge is 2.34. The Bertz CT molecular complexity index is 1330. The first-order valence-electron chi connectivity index (χ1n) is 14.6. The number of hydrogen-bond acceptors (Lipinski definition) is 9. The van der Waals surface area contributed by atoms with Gasteiger partial charge in [0.2, 0.25) is 0 Å². The second-order valence-electron chi connectivity index (χ2n) is 11.7. The van der Waals surface area contributed by atoms with Gasteiger partial charge in [0, 0.05) is 35.8 Å². The summed E-state index contributed by atoms with van der Waals surface area (Å²) in [6, 6.07) is 3.37. The molecule has 1 aromatic carbocycles. The van der Waals surface area contributed by atoms with Crippen LogP contribution < -0.4 is 9.47 Å². The molecule has 0 spiro atoms. The molecule has 12 heteroatoms. The Morgan fingerprint density at radius 2 is 1.51 bits per heavy atom. The van der Waals surface area contributed by atoms with Gasteiger partial charge in [0.05, 0.1) is 6.61 Å². The van der Waals surface area contributed by atoms with Gasteiger partial charge in [-0.2, -0.15) is 0 Å². The minimum atomic E-state index is -1.33. The van der Waals surface area contributed by atoms with Crippen LogP contribution >= 0.6 is 0 Å². The van der Waals surface area contributed by atoms with Gasteiger partial charge in [-0.25, -0.2) is 19.2 Å². The fourth-order valence-electron chi connectivity index (χ4n) is 5.26. The fraction of sp³-hybridized carbons (Fsp3) is 0.455. The SMILES string of the molecule is C=C(C)[C@@H]1CCC(C)=C[C@H]1c1c(OC(=O)/C=C/C(=O)O)cc(C(C)(C)CCCCCCO[N+](=O)[O-])cc1OC(=O)/C=C/C(=O)O. The molecule has 1 aliphatic rings. The predicted molar refractivity (Wildman–Crippen MR) is 164 cm³/mol. The van der Waals surface area contributed by atoms with Crippen molar-refractivity contribution in [3.63, 3.8) is 0 Å². The average molecular weight is 628 g/mol. The van der Waals surface area contributed by atoms with Crippen LogP contribution in [0.1, 0.15) is 89.7 Å². The van der Waals surface area contributed by atoms with Crippen molar-refractivity contribution in [1.82, 2.24) is 0 Å². The second-order valence-corrected chi connectivity index (χ2v) is 11.7. The zero-order valence-corrected chi connectivity index (χ0v) is 26.1. The molecule has 0 aromatic heterocycles. The van der Waals surface area contributed by atoms with E-state index in [1.807, 2.05) is 33.8 Å². The summed E-state index contributed by atoms with van der Waals surface area (Å²) in [5.74, 6) is -4.94. The van der Waals surface area contributed by atoms with Gasteiger partial charge < -0.3 is 24.5 Å². The van der Waals surface area contributed by atoms with Gasteiger partial charge in [0.1, 0.15) is 11.5 Å². The van der Waals surface area contributed by atoms with Gasteiger partial charge in [-0.3, -0.25) is 0 Å². The lowest BCUT2D eigenvalue weighted by Crippen LogP contribution is -2.22. The zero-order valence-electron chi connectivity index (χ0n) is 26.1. The summed E-state index contributed by atoms with van der Waals surface area (Å²) >= 11 is 0. The van der Waals surface area contributed by atoms with Crippen LogP contribution in [0.5, 0.6) is 11.5 Å². The molecule has 2 atom stereocenters. The van der Waals surface area contributed by atoms with Crippen LogP contribution in [0.15, 0.2) is 60.2 Å². The van der Waals surface area contributed by atoms with Crippen LogP contribution in [-0.2, 0) is 29.4 Å². The molecular formula is C33H41NO11. The molecule has 0 amide bonds. The van der Waals surface area contributed by atoms with Gasteiger partial charge in [-0.15, -0.1) is 10.1 Å². The Morgan fingerprint density at radius 3 is 2.00 bits per heavy atom. The van der Waals surface area contributed by atoms with E-state index in [4.69, 9.17) is 19.7 Å². The largest absolute Gasteiger partial charge is 0.478 e. The molecule has 1 aliphatic carbocycles. The van der Waals surface area contributed by atoms with Crippen LogP contribution in [0.25, 0.3) is 0 Å². The number of ether oxygens (including phenoxy) is 2. The van der Waals surface area contributed by atoms with Crippen LogP contribution in [-0.4, -0.2) is 45.8 Å². The van der Waals surface area contributed by atoms with Crippen molar-refractivity contribution >= 4 is 23.9 Å².